The van der Waals surface area contributed by atoms with Crippen LogP contribution in [-0.2, 0) is 9.53 Å². The molecule has 0 bridgehead atoms. The number of hydrogen-bond acceptors (Lipinski definition) is 3. The summed E-state index contributed by atoms with van der Waals surface area (Å²) in [6.07, 6.45) is 1.70. The number of carbonyl (C=O) groups is 1. The Labute approximate surface area is 142 Å². The van der Waals surface area contributed by atoms with Crippen molar-refractivity contribution in [3.63, 3.8) is 0 Å². The molecular formula is C19H32O3Si. The molecule has 130 valence electrons. The number of benzene rings is 1. The van der Waals surface area contributed by atoms with Crippen LogP contribution in [0.4, 0.5) is 0 Å². The third-order valence-electron chi connectivity index (χ3n) is 4.61. The molecule has 23 heavy (non-hydrogen) atoms. The van der Waals surface area contributed by atoms with E-state index in [-0.39, 0.29) is 16.9 Å². The molecule has 0 aromatic heterocycles. The van der Waals surface area contributed by atoms with Gasteiger partial charge in [-0.3, -0.25) is 4.79 Å². The second-order valence-corrected chi connectivity index (χ2v) is 12.2. The van der Waals surface area contributed by atoms with Crippen molar-refractivity contribution in [1.29, 1.82) is 0 Å². The molecule has 0 radical (unpaired) electrons. The lowest BCUT2D eigenvalue weighted by molar-refractivity contribution is -0.145. The van der Waals surface area contributed by atoms with Crippen molar-refractivity contribution in [3.8, 4) is 5.75 Å². The van der Waals surface area contributed by atoms with Gasteiger partial charge in [0.1, 0.15) is 5.75 Å². The second kappa shape index (κ2) is 8.00. The Morgan fingerprint density at radius 3 is 2.30 bits per heavy atom. The largest absolute Gasteiger partial charge is 0.543 e. The fourth-order valence-corrected chi connectivity index (χ4v) is 3.26. The van der Waals surface area contributed by atoms with Crippen LogP contribution in [0.3, 0.4) is 0 Å². The van der Waals surface area contributed by atoms with Gasteiger partial charge in [-0.25, -0.2) is 0 Å². The summed E-state index contributed by atoms with van der Waals surface area (Å²) in [6, 6.07) is 7.92. The first-order chi connectivity index (χ1) is 10.6. The number of esters is 1. The average molecular weight is 337 g/mol. The minimum Gasteiger partial charge on any atom is -0.543 e. The van der Waals surface area contributed by atoms with E-state index in [9.17, 15) is 4.79 Å². The minimum absolute atomic E-state index is 0.115. The maximum absolute atomic E-state index is 12.4. The zero-order valence-electron chi connectivity index (χ0n) is 15.7. The standard InChI is InChI=1S/C19H32O3Si/c1-8-12-16(18(20)21-9-2)15-13-10-11-14-17(15)22-23(6,7)19(3,4)5/h10-11,13-14,16H,8-9,12H2,1-7H3. The molecule has 1 atom stereocenters. The minimum atomic E-state index is -1.95. The van der Waals surface area contributed by atoms with Crippen LogP contribution in [0.25, 0.3) is 0 Å². The van der Waals surface area contributed by atoms with Gasteiger partial charge in [0.05, 0.1) is 12.5 Å². The van der Waals surface area contributed by atoms with Gasteiger partial charge in [-0.2, -0.15) is 0 Å². The van der Waals surface area contributed by atoms with Gasteiger partial charge in [0.25, 0.3) is 0 Å². The molecule has 0 N–H and O–H groups in total. The van der Waals surface area contributed by atoms with Crippen LogP contribution in [-0.4, -0.2) is 20.9 Å². The third kappa shape index (κ3) is 5.10. The Balaban J connectivity index is 3.19. The molecule has 0 aliphatic heterocycles. The van der Waals surface area contributed by atoms with Crippen molar-refractivity contribution in [2.45, 2.75) is 71.5 Å². The number of carbonyl (C=O) groups excluding carboxylic acids is 1. The first-order valence-electron chi connectivity index (χ1n) is 8.58. The summed E-state index contributed by atoms with van der Waals surface area (Å²) >= 11 is 0. The highest BCUT2D eigenvalue weighted by Gasteiger charge is 2.40. The molecule has 0 aliphatic rings. The van der Waals surface area contributed by atoms with E-state index in [1.165, 1.54) is 0 Å². The molecule has 0 fully saturated rings. The van der Waals surface area contributed by atoms with Crippen molar-refractivity contribution < 1.29 is 14.0 Å². The second-order valence-electron chi connectivity index (χ2n) is 7.49. The third-order valence-corrected chi connectivity index (χ3v) is 8.96. The zero-order chi connectivity index (χ0) is 17.7. The summed E-state index contributed by atoms with van der Waals surface area (Å²) in [7, 11) is -1.95. The van der Waals surface area contributed by atoms with Gasteiger partial charge < -0.3 is 9.16 Å². The lowest BCUT2D eigenvalue weighted by Gasteiger charge is -2.37. The fraction of sp³-hybridized carbons (Fsp3) is 0.632. The van der Waals surface area contributed by atoms with E-state index in [0.29, 0.717) is 6.61 Å². The number of ether oxygens (including phenoxy) is 1. The Morgan fingerprint density at radius 2 is 1.78 bits per heavy atom. The van der Waals surface area contributed by atoms with E-state index in [2.05, 4.69) is 40.8 Å². The Morgan fingerprint density at radius 1 is 1.17 bits per heavy atom. The molecular weight excluding hydrogens is 304 g/mol. The number of para-hydroxylation sites is 1. The Kier molecular flexibility index (Phi) is 6.87. The summed E-state index contributed by atoms with van der Waals surface area (Å²) in [5.41, 5.74) is 0.956. The smallest absolute Gasteiger partial charge is 0.313 e. The van der Waals surface area contributed by atoms with E-state index in [4.69, 9.17) is 9.16 Å². The van der Waals surface area contributed by atoms with E-state index in [1.54, 1.807) is 0 Å². The van der Waals surface area contributed by atoms with Gasteiger partial charge >= 0.3 is 5.97 Å². The molecule has 0 aliphatic carbocycles. The molecule has 0 heterocycles. The van der Waals surface area contributed by atoms with E-state index in [0.717, 1.165) is 24.2 Å². The summed E-state index contributed by atoms with van der Waals surface area (Å²) in [5.74, 6) is 0.437. The number of hydrogen-bond donors (Lipinski definition) is 0. The molecule has 4 heteroatoms. The lowest BCUT2D eigenvalue weighted by atomic mass is 9.94. The predicted molar refractivity (Wildman–Crippen MR) is 98.5 cm³/mol. The van der Waals surface area contributed by atoms with Gasteiger partial charge in [0.15, 0.2) is 0 Å². The van der Waals surface area contributed by atoms with Gasteiger partial charge in [-0.15, -0.1) is 0 Å². The van der Waals surface area contributed by atoms with Crippen LogP contribution in [0.1, 0.15) is 58.9 Å². The highest BCUT2D eigenvalue weighted by Crippen LogP contribution is 2.40. The highest BCUT2D eigenvalue weighted by molar-refractivity contribution is 6.74. The zero-order valence-corrected chi connectivity index (χ0v) is 16.7. The van der Waals surface area contributed by atoms with Crippen LogP contribution in [0.2, 0.25) is 18.1 Å². The first kappa shape index (κ1) is 19.8. The summed E-state index contributed by atoms with van der Waals surface area (Å²) in [4.78, 5) is 12.4. The normalized spacial score (nSPS) is 13.5. The molecule has 0 saturated carbocycles. The van der Waals surface area contributed by atoms with Gasteiger partial charge in [-0.1, -0.05) is 52.3 Å². The average Bonchev–Trinajstić information content (AvgIpc) is 2.44. The van der Waals surface area contributed by atoms with Gasteiger partial charge in [-0.05, 0) is 37.5 Å². The van der Waals surface area contributed by atoms with Crippen LogP contribution in [0.15, 0.2) is 24.3 Å². The van der Waals surface area contributed by atoms with Crippen LogP contribution in [0.5, 0.6) is 5.75 Å². The molecule has 1 rings (SSSR count). The summed E-state index contributed by atoms with van der Waals surface area (Å²) < 4.78 is 11.8. The molecule has 0 saturated heterocycles. The van der Waals surface area contributed by atoms with E-state index in [1.807, 2.05) is 31.2 Å². The van der Waals surface area contributed by atoms with Crippen molar-refractivity contribution in [3.05, 3.63) is 29.8 Å². The molecule has 1 aromatic carbocycles. The van der Waals surface area contributed by atoms with Crippen LogP contribution >= 0.6 is 0 Å². The molecule has 0 amide bonds. The molecule has 1 unspecified atom stereocenters. The predicted octanol–water partition coefficient (Wildman–Crippen LogP) is 5.52. The van der Waals surface area contributed by atoms with Crippen LogP contribution < -0.4 is 4.43 Å². The summed E-state index contributed by atoms with van der Waals surface area (Å²) in [6.45, 7) is 15.4. The van der Waals surface area contributed by atoms with Crippen molar-refractivity contribution in [2.75, 3.05) is 6.61 Å². The number of rotatable bonds is 7. The molecule has 0 spiro atoms. The molecule has 3 nitrogen and oxygen atoms in total. The highest BCUT2D eigenvalue weighted by atomic mass is 28.4. The fourth-order valence-electron chi connectivity index (χ4n) is 2.22. The first-order valence-corrected chi connectivity index (χ1v) is 11.5. The van der Waals surface area contributed by atoms with Crippen LogP contribution in [0, 0.1) is 0 Å². The summed E-state index contributed by atoms with van der Waals surface area (Å²) in [5, 5.41) is 0.115. The van der Waals surface area contributed by atoms with Crippen molar-refractivity contribution in [1.82, 2.24) is 0 Å². The van der Waals surface area contributed by atoms with Crippen molar-refractivity contribution >= 4 is 14.3 Å². The quantitative estimate of drug-likeness (QED) is 0.486. The monoisotopic (exact) mass is 336 g/mol. The SMILES string of the molecule is CCCC(C(=O)OCC)c1ccccc1O[Si](C)(C)C(C)(C)C. The molecule has 1 aromatic rings. The maximum atomic E-state index is 12.4. The van der Waals surface area contributed by atoms with Gasteiger partial charge in [0, 0.05) is 5.56 Å². The van der Waals surface area contributed by atoms with Gasteiger partial charge in [0.2, 0.25) is 8.32 Å². The van der Waals surface area contributed by atoms with E-state index >= 15 is 0 Å². The Bertz CT molecular complexity index is 518. The Hall–Kier alpha value is -1.29. The topological polar surface area (TPSA) is 35.5 Å². The maximum Gasteiger partial charge on any atom is 0.313 e. The lowest BCUT2D eigenvalue weighted by Crippen LogP contribution is -2.44. The van der Waals surface area contributed by atoms with Crippen molar-refractivity contribution in [2.24, 2.45) is 0 Å². The van der Waals surface area contributed by atoms with E-state index < -0.39 is 8.32 Å².